The van der Waals surface area contributed by atoms with Crippen LogP contribution < -0.4 is 15.5 Å². The van der Waals surface area contributed by atoms with E-state index in [4.69, 9.17) is 0 Å². The van der Waals surface area contributed by atoms with Gasteiger partial charge in [-0.05, 0) is 44.7 Å². The molecule has 1 aliphatic carbocycles. The summed E-state index contributed by atoms with van der Waals surface area (Å²) >= 11 is 1.62. The van der Waals surface area contributed by atoms with Gasteiger partial charge in [-0.25, -0.2) is 9.97 Å². The van der Waals surface area contributed by atoms with Gasteiger partial charge in [-0.1, -0.05) is 13.8 Å². The number of anilines is 2. The number of aromatic nitrogens is 3. The van der Waals surface area contributed by atoms with Gasteiger partial charge in [0, 0.05) is 49.4 Å². The Hall–Kier alpha value is -2.06. The molecule has 0 spiro atoms. The molecule has 0 aromatic carbocycles. The predicted octanol–water partition coefficient (Wildman–Crippen LogP) is 4.32. The Labute approximate surface area is 195 Å². The largest absolute Gasteiger partial charge is 0.362 e. The third-order valence-corrected chi connectivity index (χ3v) is 6.15. The summed E-state index contributed by atoms with van der Waals surface area (Å²) in [6, 6.07) is 4.19. The van der Waals surface area contributed by atoms with Crippen LogP contribution in [0.3, 0.4) is 0 Å². The molecule has 7 nitrogen and oxygen atoms in total. The Morgan fingerprint density at radius 1 is 1.16 bits per heavy atom. The Morgan fingerprint density at radius 2 is 1.84 bits per heavy atom. The minimum atomic E-state index is -0.0276. The van der Waals surface area contributed by atoms with Gasteiger partial charge in [-0.3, -0.25) is 4.79 Å². The van der Waals surface area contributed by atoms with Crippen molar-refractivity contribution in [1.82, 2.24) is 20.3 Å². The van der Waals surface area contributed by atoms with E-state index in [2.05, 4.69) is 39.4 Å². The maximum Gasteiger partial charge on any atom is 0.254 e. The molecule has 0 unspecified atom stereocenters. The molecule has 2 aromatic rings. The lowest BCUT2D eigenvalue weighted by molar-refractivity contribution is 0.0923. The van der Waals surface area contributed by atoms with Crippen molar-refractivity contribution in [3.05, 3.63) is 35.7 Å². The van der Waals surface area contributed by atoms with Gasteiger partial charge in [0.25, 0.3) is 5.91 Å². The molecule has 0 aliphatic heterocycles. The summed E-state index contributed by atoms with van der Waals surface area (Å²) < 4.78 is 0. The molecule has 0 radical (unpaired) electrons. The van der Waals surface area contributed by atoms with Crippen LogP contribution in [0.2, 0.25) is 0 Å². The molecular weight excluding hydrogens is 432 g/mol. The van der Waals surface area contributed by atoms with Crippen LogP contribution in [-0.4, -0.2) is 52.3 Å². The van der Waals surface area contributed by atoms with E-state index in [1.807, 2.05) is 44.2 Å². The molecule has 170 valence electrons. The van der Waals surface area contributed by atoms with Gasteiger partial charge in [-0.15, -0.1) is 24.2 Å². The van der Waals surface area contributed by atoms with Crippen molar-refractivity contribution < 1.29 is 4.79 Å². The first kappa shape index (κ1) is 25.2. The number of hydrogen-bond acceptors (Lipinski definition) is 7. The van der Waals surface area contributed by atoms with Gasteiger partial charge in [0.15, 0.2) is 0 Å². The fourth-order valence-electron chi connectivity index (χ4n) is 3.66. The van der Waals surface area contributed by atoms with Crippen molar-refractivity contribution in [3.8, 4) is 0 Å². The molecule has 3 rings (SSSR count). The summed E-state index contributed by atoms with van der Waals surface area (Å²) in [4.78, 5) is 28.3. The Morgan fingerprint density at radius 3 is 2.48 bits per heavy atom. The quantitative estimate of drug-likeness (QED) is 0.590. The molecule has 31 heavy (non-hydrogen) atoms. The van der Waals surface area contributed by atoms with Gasteiger partial charge in [0.2, 0.25) is 5.95 Å². The van der Waals surface area contributed by atoms with Gasteiger partial charge < -0.3 is 15.5 Å². The van der Waals surface area contributed by atoms with Crippen LogP contribution in [0.5, 0.6) is 0 Å². The number of rotatable bonds is 7. The molecule has 0 atom stereocenters. The highest BCUT2D eigenvalue weighted by Crippen LogP contribution is 2.26. The van der Waals surface area contributed by atoms with Crippen molar-refractivity contribution >= 4 is 41.8 Å². The van der Waals surface area contributed by atoms with Crippen molar-refractivity contribution in [2.24, 2.45) is 0 Å². The first-order chi connectivity index (χ1) is 14.3. The molecule has 0 saturated heterocycles. The lowest BCUT2D eigenvalue weighted by atomic mass is 9.91. The van der Waals surface area contributed by atoms with Gasteiger partial charge >= 0.3 is 0 Å². The third-order valence-electron chi connectivity index (χ3n) is 5.13. The zero-order valence-corrected chi connectivity index (χ0v) is 20.5. The lowest BCUT2D eigenvalue weighted by Gasteiger charge is -2.30. The van der Waals surface area contributed by atoms with Crippen molar-refractivity contribution in [2.45, 2.75) is 68.8 Å². The van der Waals surface area contributed by atoms with E-state index in [0.29, 0.717) is 22.8 Å². The summed E-state index contributed by atoms with van der Waals surface area (Å²) in [6.45, 7) is 6.23. The molecule has 1 aliphatic rings. The average Bonchev–Trinajstić information content (AvgIpc) is 2.70. The average molecular weight is 465 g/mol. The van der Waals surface area contributed by atoms with Crippen molar-refractivity contribution in [1.29, 1.82) is 0 Å². The maximum atomic E-state index is 12.8. The highest BCUT2D eigenvalue weighted by atomic mass is 35.5. The number of pyridine rings is 1. The molecule has 1 amide bonds. The number of halogens is 1. The van der Waals surface area contributed by atoms with E-state index >= 15 is 0 Å². The topological polar surface area (TPSA) is 83.0 Å². The van der Waals surface area contributed by atoms with E-state index < -0.39 is 0 Å². The zero-order chi connectivity index (χ0) is 21.7. The second-order valence-corrected chi connectivity index (χ2v) is 9.85. The summed E-state index contributed by atoms with van der Waals surface area (Å²) in [5.41, 5.74) is 1.73. The zero-order valence-electron chi connectivity index (χ0n) is 18.9. The minimum absolute atomic E-state index is 0. The molecule has 2 N–H and O–H groups in total. The fourth-order valence-corrected chi connectivity index (χ4v) is 4.52. The van der Waals surface area contributed by atoms with Crippen LogP contribution in [-0.2, 0) is 0 Å². The number of aryl methyl sites for hydroxylation is 1. The van der Waals surface area contributed by atoms with E-state index in [-0.39, 0.29) is 24.4 Å². The van der Waals surface area contributed by atoms with Gasteiger partial charge in [0.05, 0.1) is 5.56 Å². The summed E-state index contributed by atoms with van der Waals surface area (Å²) in [5.74, 6) is 1.57. The third kappa shape index (κ3) is 6.97. The molecule has 2 heterocycles. The van der Waals surface area contributed by atoms with E-state index in [1.165, 1.54) is 0 Å². The number of carbonyl (C=O) groups is 1. The number of thioether (sulfide) groups is 1. The van der Waals surface area contributed by atoms with E-state index in [1.54, 1.807) is 18.0 Å². The normalized spacial score (nSPS) is 18.3. The van der Waals surface area contributed by atoms with Crippen molar-refractivity contribution in [2.75, 3.05) is 24.3 Å². The van der Waals surface area contributed by atoms with E-state index in [0.717, 1.165) is 42.1 Å². The monoisotopic (exact) mass is 464 g/mol. The first-order valence-electron chi connectivity index (χ1n) is 10.5. The smallest absolute Gasteiger partial charge is 0.254 e. The van der Waals surface area contributed by atoms with Gasteiger partial charge in [0.1, 0.15) is 10.8 Å². The summed E-state index contributed by atoms with van der Waals surface area (Å²) in [6.07, 6.45) is 7.41. The first-order valence-corrected chi connectivity index (χ1v) is 11.4. The number of nitrogens with zero attached hydrogens (tertiary/aromatic N) is 4. The highest BCUT2D eigenvalue weighted by molar-refractivity contribution is 7.99. The molecule has 1 fully saturated rings. The molecular formula is C22H33ClN6OS. The van der Waals surface area contributed by atoms with Crippen LogP contribution >= 0.6 is 24.2 Å². The van der Waals surface area contributed by atoms with Crippen LogP contribution in [0.15, 0.2) is 29.6 Å². The number of nitrogens with one attached hydrogen (secondary N) is 2. The standard InChI is InChI=1S/C22H32N6OS.ClH/c1-14(2)30-21-18(7-6-12-23-21)20(29)25-16-8-10-17(11-9-16)26-22-24-13-15(3)19(27-22)28(4)5;/h6-7,12-14,16-17H,8-11H2,1-5H3,(H,25,29)(H,24,26,27);1H. The second kappa shape index (κ2) is 11.5. The van der Waals surface area contributed by atoms with Crippen LogP contribution in [0.4, 0.5) is 11.8 Å². The Bertz CT molecular complexity index is 871. The molecule has 2 aromatic heterocycles. The molecule has 1 saturated carbocycles. The summed E-state index contributed by atoms with van der Waals surface area (Å²) in [7, 11) is 3.97. The predicted molar refractivity (Wildman–Crippen MR) is 131 cm³/mol. The van der Waals surface area contributed by atoms with Gasteiger partial charge in [-0.2, -0.15) is 4.98 Å². The lowest BCUT2D eigenvalue weighted by Crippen LogP contribution is -2.40. The second-order valence-electron chi connectivity index (χ2n) is 8.28. The summed E-state index contributed by atoms with van der Waals surface area (Å²) in [5, 5.41) is 7.85. The number of amides is 1. The number of hydrogen-bond donors (Lipinski definition) is 2. The van der Waals surface area contributed by atoms with Crippen LogP contribution in [0.1, 0.15) is 55.5 Å². The maximum absolute atomic E-state index is 12.8. The SMILES string of the molecule is Cc1cnc(NC2CCC(NC(=O)c3cccnc3SC(C)C)CC2)nc1N(C)C.Cl. The Kier molecular flexibility index (Phi) is 9.37. The van der Waals surface area contributed by atoms with Crippen LogP contribution in [0.25, 0.3) is 0 Å². The molecule has 0 bridgehead atoms. The van der Waals surface area contributed by atoms with Crippen LogP contribution in [0, 0.1) is 6.92 Å². The fraction of sp³-hybridized carbons (Fsp3) is 0.545. The molecule has 9 heteroatoms. The minimum Gasteiger partial charge on any atom is -0.362 e. The van der Waals surface area contributed by atoms with Crippen molar-refractivity contribution in [3.63, 3.8) is 0 Å². The number of carbonyl (C=O) groups excluding carboxylic acids is 1. The Balaban J connectivity index is 0.00000341. The van der Waals surface area contributed by atoms with E-state index in [9.17, 15) is 4.79 Å². The highest BCUT2D eigenvalue weighted by Gasteiger charge is 2.24.